The number of nitrogens with two attached hydrogens (primary N) is 2. The van der Waals surface area contributed by atoms with Gasteiger partial charge in [-0.15, -0.1) is 5.10 Å². The molecule has 18 heavy (non-hydrogen) atoms. The molecule has 0 saturated heterocycles. The summed E-state index contributed by atoms with van der Waals surface area (Å²) in [4.78, 5) is 0. The number of benzene rings is 1. The molecule has 4 nitrogen and oxygen atoms in total. The molecule has 0 saturated carbocycles. The Hall–Kier alpha value is -1.84. The van der Waals surface area contributed by atoms with Gasteiger partial charge in [0, 0.05) is 0 Å². The van der Waals surface area contributed by atoms with Crippen LogP contribution in [0, 0.1) is 6.92 Å². The molecule has 0 heterocycles. The number of rotatable bonds is 5. The lowest BCUT2D eigenvalue weighted by Crippen LogP contribution is -2.21. The third-order valence-corrected chi connectivity index (χ3v) is 2.93. The lowest BCUT2D eigenvalue weighted by molar-refractivity contribution is 0.888. The first-order valence-electron chi connectivity index (χ1n) is 6.33. The van der Waals surface area contributed by atoms with E-state index in [2.05, 4.69) is 43.1 Å². The lowest BCUT2D eigenvalue weighted by Gasteiger charge is -2.13. The number of nitrogens with zero attached hydrogens (tertiary/aromatic N) is 2. The molecule has 1 aromatic rings. The predicted octanol–water partition coefficient (Wildman–Crippen LogP) is 2.12. The first-order valence-corrected chi connectivity index (χ1v) is 6.33. The van der Waals surface area contributed by atoms with E-state index in [4.69, 9.17) is 11.5 Å². The third-order valence-electron chi connectivity index (χ3n) is 2.93. The maximum Gasteiger partial charge on any atom is 0.211 e. The normalized spacial score (nSPS) is 10.8. The summed E-state index contributed by atoms with van der Waals surface area (Å²) < 4.78 is 0. The molecule has 98 valence electrons. The molecule has 4 N–H and O–H groups in total. The van der Waals surface area contributed by atoms with Gasteiger partial charge in [-0.1, -0.05) is 32.4 Å². The van der Waals surface area contributed by atoms with Crippen molar-refractivity contribution >= 4 is 12.2 Å². The molecule has 0 fully saturated rings. The number of guanidine groups is 1. The van der Waals surface area contributed by atoms with Gasteiger partial charge in [0.15, 0.2) is 0 Å². The van der Waals surface area contributed by atoms with Crippen LogP contribution in [0.15, 0.2) is 22.3 Å². The molecule has 0 aliphatic carbocycles. The zero-order chi connectivity index (χ0) is 13.5. The average molecular weight is 246 g/mol. The van der Waals surface area contributed by atoms with Gasteiger partial charge in [-0.3, -0.25) is 0 Å². The summed E-state index contributed by atoms with van der Waals surface area (Å²) in [6, 6.07) is 4.19. The fourth-order valence-electron chi connectivity index (χ4n) is 2.12. The molecule has 0 amide bonds. The van der Waals surface area contributed by atoms with E-state index < -0.39 is 0 Å². The topological polar surface area (TPSA) is 76.8 Å². The molecule has 1 rings (SSSR count). The average Bonchev–Trinajstić information content (AvgIpc) is 2.33. The fourth-order valence-corrected chi connectivity index (χ4v) is 2.12. The molecule has 0 radical (unpaired) electrons. The van der Waals surface area contributed by atoms with E-state index >= 15 is 0 Å². The molecular formula is C14H22N4. The Labute approximate surface area is 109 Å². The number of aryl methyl sites for hydroxylation is 1. The van der Waals surface area contributed by atoms with Crippen LogP contribution in [0.3, 0.4) is 0 Å². The maximum atomic E-state index is 5.24. The van der Waals surface area contributed by atoms with Crippen molar-refractivity contribution in [3.05, 3.63) is 34.4 Å². The van der Waals surface area contributed by atoms with Crippen LogP contribution < -0.4 is 11.5 Å². The monoisotopic (exact) mass is 246 g/mol. The quantitative estimate of drug-likeness (QED) is 0.474. The Morgan fingerprint density at radius 2 is 1.94 bits per heavy atom. The molecule has 0 unspecified atom stereocenters. The minimum atomic E-state index is -0.0230. The van der Waals surface area contributed by atoms with Crippen molar-refractivity contribution in [2.24, 2.45) is 21.7 Å². The van der Waals surface area contributed by atoms with Gasteiger partial charge < -0.3 is 11.5 Å². The third kappa shape index (κ3) is 3.58. The summed E-state index contributed by atoms with van der Waals surface area (Å²) in [6.07, 6.45) is 4.94. The van der Waals surface area contributed by atoms with E-state index in [1.54, 1.807) is 6.21 Å². The second-order valence-electron chi connectivity index (χ2n) is 4.30. The van der Waals surface area contributed by atoms with Gasteiger partial charge in [0.05, 0.1) is 6.21 Å². The van der Waals surface area contributed by atoms with Crippen LogP contribution in [-0.4, -0.2) is 12.2 Å². The highest BCUT2D eigenvalue weighted by molar-refractivity contribution is 5.84. The molecule has 0 aromatic heterocycles. The summed E-state index contributed by atoms with van der Waals surface area (Å²) in [5, 5.41) is 7.53. The Morgan fingerprint density at radius 1 is 1.22 bits per heavy atom. The molecule has 0 atom stereocenters. The minimum Gasteiger partial charge on any atom is -0.369 e. The van der Waals surface area contributed by atoms with Crippen LogP contribution >= 0.6 is 0 Å². The zero-order valence-corrected chi connectivity index (χ0v) is 11.4. The SMILES string of the molecule is CCCc1c(C)ccc(C=NN=C(N)N)c1CC. The lowest BCUT2D eigenvalue weighted by atomic mass is 9.92. The minimum absolute atomic E-state index is 0.0230. The molecule has 0 aliphatic heterocycles. The summed E-state index contributed by atoms with van der Waals surface area (Å²) in [7, 11) is 0. The highest BCUT2D eigenvalue weighted by atomic mass is 15.3. The standard InChI is InChI=1S/C14H22N4/c1-4-6-13-10(3)7-8-11(12(13)5-2)9-17-18-14(15)16/h7-9H,4-6H2,1-3H3,(H4,15,16,18). The van der Waals surface area contributed by atoms with Gasteiger partial charge in [0.2, 0.25) is 5.96 Å². The van der Waals surface area contributed by atoms with Gasteiger partial charge in [-0.05, 0) is 42.0 Å². The summed E-state index contributed by atoms with van der Waals surface area (Å²) >= 11 is 0. The van der Waals surface area contributed by atoms with Crippen molar-refractivity contribution < 1.29 is 0 Å². The van der Waals surface area contributed by atoms with Crippen LogP contribution in [0.25, 0.3) is 0 Å². The van der Waals surface area contributed by atoms with Crippen molar-refractivity contribution in [1.82, 2.24) is 0 Å². The van der Waals surface area contributed by atoms with Crippen LogP contribution in [0.5, 0.6) is 0 Å². The molecule has 4 heteroatoms. The van der Waals surface area contributed by atoms with Crippen LogP contribution in [-0.2, 0) is 12.8 Å². The fraction of sp³-hybridized carbons (Fsp3) is 0.429. The van der Waals surface area contributed by atoms with Crippen molar-refractivity contribution in [3.63, 3.8) is 0 Å². The maximum absolute atomic E-state index is 5.24. The van der Waals surface area contributed by atoms with Crippen molar-refractivity contribution in [2.75, 3.05) is 0 Å². The number of hydrogen-bond acceptors (Lipinski definition) is 2. The Balaban J connectivity index is 3.16. The highest BCUT2D eigenvalue weighted by Gasteiger charge is 2.07. The molecule has 0 aliphatic rings. The van der Waals surface area contributed by atoms with E-state index in [0.29, 0.717) is 0 Å². The van der Waals surface area contributed by atoms with Gasteiger partial charge in [-0.25, -0.2) is 0 Å². The van der Waals surface area contributed by atoms with Crippen LogP contribution in [0.1, 0.15) is 42.5 Å². The van der Waals surface area contributed by atoms with E-state index in [1.165, 1.54) is 16.7 Å². The largest absolute Gasteiger partial charge is 0.369 e. The second-order valence-corrected chi connectivity index (χ2v) is 4.30. The van der Waals surface area contributed by atoms with Crippen molar-refractivity contribution in [2.45, 2.75) is 40.0 Å². The first kappa shape index (κ1) is 14.2. The van der Waals surface area contributed by atoms with E-state index in [1.807, 2.05) is 0 Å². The van der Waals surface area contributed by atoms with Gasteiger partial charge >= 0.3 is 0 Å². The van der Waals surface area contributed by atoms with E-state index in [0.717, 1.165) is 24.8 Å². The molecular weight excluding hydrogens is 224 g/mol. The zero-order valence-electron chi connectivity index (χ0n) is 11.4. The van der Waals surface area contributed by atoms with E-state index in [-0.39, 0.29) is 5.96 Å². The molecule has 1 aromatic carbocycles. The summed E-state index contributed by atoms with van der Waals surface area (Å²) in [5.41, 5.74) is 15.7. The van der Waals surface area contributed by atoms with E-state index in [9.17, 15) is 0 Å². The molecule has 0 spiro atoms. The highest BCUT2D eigenvalue weighted by Crippen LogP contribution is 2.20. The van der Waals surface area contributed by atoms with Crippen molar-refractivity contribution in [3.8, 4) is 0 Å². The van der Waals surface area contributed by atoms with Crippen molar-refractivity contribution in [1.29, 1.82) is 0 Å². The number of hydrogen-bond donors (Lipinski definition) is 2. The smallest absolute Gasteiger partial charge is 0.211 e. The van der Waals surface area contributed by atoms with Gasteiger partial charge in [-0.2, -0.15) is 5.10 Å². The Kier molecular flexibility index (Phi) is 5.36. The van der Waals surface area contributed by atoms with Crippen LogP contribution in [0.4, 0.5) is 0 Å². The van der Waals surface area contributed by atoms with Gasteiger partial charge in [0.25, 0.3) is 0 Å². The summed E-state index contributed by atoms with van der Waals surface area (Å²) in [6.45, 7) is 6.51. The Bertz CT molecular complexity index is 457. The molecule has 0 bridgehead atoms. The van der Waals surface area contributed by atoms with Crippen LogP contribution in [0.2, 0.25) is 0 Å². The predicted molar refractivity (Wildman–Crippen MR) is 78.0 cm³/mol. The van der Waals surface area contributed by atoms with Gasteiger partial charge in [0.1, 0.15) is 0 Å². The summed E-state index contributed by atoms with van der Waals surface area (Å²) in [5.74, 6) is -0.0230. The first-order chi connectivity index (χ1) is 8.60. The second kappa shape index (κ2) is 6.79. The Morgan fingerprint density at radius 3 is 2.50 bits per heavy atom.